The Bertz CT molecular complexity index is 892. The maximum Gasteiger partial charge on any atom is 0.170 e. The molecule has 0 saturated carbocycles. The van der Waals surface area contributed by atoms with Crippen LogP contribution >= 0.6 is 0 Å². The maximum absolute atomic E-state index is 12.7. The summed E-state index contributed by atoms with van der Waals surface area (Å²) in [6.07, 6.45) is 0.123. The molecule has 0 aliphatic carbocycles. The summed E-state index contributed by atoms with van der Waals surface area (Å²) in [7, 11) is 2.06. The van der Waals surface area contributed by atoms with E-state index in [1.165, 1.54) is 0 Å². The smallest absolute Gasteiger partial charge is 0.170 e. The minimum absolute atomic E-state index is 0.0593. The first kappa shape index (κ1) is 16.4. The quantitative estimate of drug-likeness (QED) is 0.675. The minimum Gasteiger partial charge on any atom is -0.487 e. The van der Waals surface area contributed by atoms with E-state index in [1.54, 1.807) is 0 Å². The third-order valence-corrected chi connectivity index (χ3v) is 4.93. The zero-order chi connectivity index (χ0) is 17.9. The lowest BCUT2D eigenvalue weighted by Gasteiger charge is -2.38. The second kappa shape index (κ2) is 7.04. The summed E-state index contributed by atoms with van der Waals surface area (Å²) >= 11 is 0. The van der Waals surface area contributed by atoms with Crippen LogP contribution in [0.1, 0.15) is 28.4 Å². The van der Waals surface area contributed by atoms with Gasteiger partial charge in [0.15, 0.2) is 5.78 Å². The molecule has 0 saturated heterocycles. The van der Waals surface area contributed by atoms with Crippen LogP contribution in [0.5, 0.6) is 5.75 Å². The number of ketones is 1. The Balaban J connectivity index is 1.74. The lowest BCUT2D eigenvalue weighted by molar-refractivity contribution is 0.0807. The van der Waals surface area contributed by atoms with Crippen LogP contribution in [0.3, 0.4) is 0 Å². The van der Waals surface area contributed by atoms with E-state index < -0.39 is 0 Å². The number of Topliss-reactive ketones (excluding diaryl/α,β-unsaturated/α-hetero) is 1. The van der Waals surface area contributed by atoms with E-state index in [2.05, 4.69) is 36.2 Å². The number of likely N-dealkylation sites (N-methyl/N-ethyl adjacent to an activating group) is 1. The molecule has 1 aliphatic rings. The van der Waals surface area contributed by atoms with Gasteiger partial charge in [0.2, 0.25) is 0 Å². The molecular weight excluding hydrogens is 322 g/mol. The molecule has 26 heavy (non-hydrogen) atoms. The van der Waals surface area contributed by atoms with Gasteiger partial charge in [0.1, 0.15) is 11.9 Å². The number of rotatable bonds is 4. The average molecular weight is 343 g/mol. The number of carbonyl (C=O) groups is 1. The van der Waals surface area contributed by atoms with Gasteiger partial charge < -0.3 is 9.64 Å². The van der Waals surface area contributed by atoms with Crippen LogP contribution in [0.4, 0.5) is 5.69 Å². The normalized spacial score (nSPS) is 17.1. The average Bonchev–Trinajstić information content (AvgIpc) is 2.70. The summed E-state index contributed by atoms with van der Waals surface area (Å²) < 4.78 is 6.30. The number of benzene rings is 3. The van der Waals surface area contributed by atoms with Crippen LogP contribution in [-0.4, -0.2) is 18.9 Å². The molecule has 0 radical (unpaired) electrons. The monoisotopic (exact) mass is 343 g/mol. The predicted molar refractivity (Wildman–Crippen MR) is 104 cm³/mol. The summed E-state index contributed by atoms with van der Waals surface area (Å²) in [6, 6.07) is 27.9. The van der Waals surface area contributed by atoms with Crippen LogP contribution in [-0.2, 0) is 0 Å². The highest BCUT2D eigenvalue weighted by Gasteiger charge is 2.35. The van der Waals surface area contributed by atoms with Crippen molar-refractivity contribution < 1.29 is 9.53 Å². The zero-order valence-electron chi connectivity index (χ0n) is 14.7. The van der Waals surface area contributed by atoms with Crippen LogP contribution in [0, 0.1) is 0 Å². The van der Waals surface area contributed by atoms with E-state index in [0.29, 0.717) is 17.7 Å². The Morgan fingerprint density at radius 1 is 0.885 bits per heavy atom. The van der Waals surface area contributed by atoms with Crippen molar-refractivity contribution in [3.05, 3.63) is 96.1 Å². The van der Waals surface area contributed by atoms with Crippen molar-refractivity contribution in [2.45, 2.75) is 18.6 Å². The molecule has 1 heterocycles. The fourth-order valence-electron chi connectivity index (χ4n) is 3.63. The van der Waals surface area contributed by atoms with E-state index in [4.69, 9.17) is 4.74 Å². The Morgan fingerprint density at radius 2 is 1.50 bits per heavy atom. The first-order chi connectivity index (χ1) is 12.7. The molecule has 3 heteroatoms. The minimum atomic E-state index is -0.245. The molecule has 3 nitrogen and oxygen atoms in total. The highest BCUT2D eigenvalue weighted by molar-refractivity contribution is 6.00. The third kappa shape index (κ3) is 3.08. The Labute approximate surface area is 153 Å². The van der Waals surface area contributed by atoms with Gasteiger partial charge >= 0.3 is 0 Å². The molecule has 130 valence electrons. The van der Waals surface area contributed by atoms with Crippen molar-refractivity contribution >= 4 is 11.5 Å². The molecular formula is C23H21NO2. The lowest BCUT2D eigenvalue weighted by atomic mass is 9.91. The molecule has 0 bridgehead atoms. The number of hydrogen-bond donors (Lipinski definition) is 0. The van der Waals surface area contributed by atoms with Gasteiger partial charge in [0, 0.05) is 12.7 Å². The summed E-state index contributed by atoms with van der Waals surface area (Å²) in [5.74, 6) is 0.815. The van der Waals surface area contributed by atoms with E-state index in [-0.39, 0.29) is 17.9 Å². The summed E-state index contributed by atoms with van der Waals surface area (Å²) in [4.78, 5) is 14.9. The van der Waals surface area contributed by atoms with Gasteiger partial charge in [-0.2, -0.15) is 0 Å². The highest BCUT2D eigenvalue weighted by atomic mass is 16.5. The maximum atomic E-state index is 12.7. The first-order valence-corrected chi connectivity index (χ1v) is 8.86. The molecule has 0 fully saturated rings. The molecule has 2 atom stereocenters. The molecule has 3 aromatic carbocycles. The van der Waals surface area contributed by atoms with E-state index in [0.717, 1.165) is 11.3 Å². The standard InChI is InChI=1S/C23H21NO2/c1-24(18-12-6-3-7-13-18)23(17-10-4-2-5-11-17)22-16-20(25)19-14-8-9-15-21(19)26-22/h2-15,22-23H,16H2,1H3. The lowest BCUT2D eigenvalue weighted by Crippen LogP contribution is -2.40. The third-order valence-electron chi connectivity index (χ3n) is 4.93. The largest absolute Gasteiger partial charge is 0.487 e. The number of anilines is 1. The van der Waals surface area contributed by atoms with Crippen LogP contribution < -0.4 is 9.64 Å². The zero-order valence-corrected chi connectivity index (χ0v) is 14.7. The van der Waals surface area contributed by atoms with Gasteiger partial charge in [-0.3, -0.25) is 4.79 Å². The number of ether oxygens (including phenoxy) is 1. The molecule has 2 unspecified atom stereocenters. The van der Waals surface area contributed by atoms with E-state index >= 15 is 0 Å². The summed E-state index contributed by atoms with van der Waals surface area (Å²) in [5, 5.41) is 0. The van der Waals surface area contributed by atoms with Gasteiger partial charge in [-0.1, -0.05) is 60.7 Å². The molecule has 0 amide bonds. The number of carbonyl (C=O) groups excluding carboxylic acids is 1. The van der Waals surface area contributed by atoms with Crippen LogP contribution in [0.25, 0.3) is 0 Å². The van der Waals surface area contributed by atoms with Gasteiger partial charge in [0.25, 0.3) is 0 Å². The van der Waals surface area contributed by atoms with Gasteiger partial charge in [-0.05, 0) is 29.8 Å². The summed E-state index contributed by atoms with van der Waals surface area (Å²) in [6.45, 7) is 0. The molecule has 4 rings (SSSR count). The van der Waals surface area contributed by atoms with Crippen molar-refractivity contribution in [2.75, 3.05) is 11.9 Å². The fourth-order valence-corrected chi connectivity index (χ4v) is 3.63. The fraction of sp³-hybridized carbons (Fsp3) is 0.174. The number of hydrogen-bond acceptors (Lipinski definition) is 3. The van der Waals surface area contributed by atoms with Gasteiger partial charge in [-0.25, -0.2) is 0 Å². The Morgan fingerprint density at radius 3 is 2.23 bits per heavy atom. The van der Waals surface area contributed by atoms with Gasteiger partial charge in [-0.15, -0.1) is 0 Å². The number of nitrogens with zero attached hydrogens (tertiary/aromatic N) is 1. The SMILES string of the molecule is CN(c1ccccc1)C(c1ccccc1)C1CC(=O)c2ccccc2O1. The van der Waals surface area contributed by atoms with Gasteiger partial charge in [0.05, 0.1) is 18.0 Å². The van der Waals surface area contributed by atoms with Crippen molar-refractivity contribution in [1.29, 1.82) is 0 Å². The van der Waals surface area contributed by atoms with Crippen molar-refractivity contribution in [3.8, 4) is 5.75 Å². The topological polar surface area (TPSA) is 29.5 Å². The van der Waals surface area contributed by atoms with Crippen molar-refractivity contribution in [2.24, 2.45) is 0 Å². The molecule has 0 aromatic heterocycles. The summed E-state index contributed by atoms with van der Waals surface area (Å²) in [5.41, 5.74) is 2.91. The van der Waals surface area contributed by atoms with Crippen molar-refractivity contribution in [3.63, 3.8) is 0 Å². The highest BCUT2D eigenvalue weighted by Crippen LogP contribution is 2.36. The van der Waals surface area contributed by atoms with Crippen LogP contribution in [0.15, 0.2) is 84.9 Å². The predicted octanol–water partition coefficient (Wildman–Crippen LogP) is 4.90. The molecule has 0 N–H and O–H groups in total. The first-order valence-electron chi connectivity index (χ1n) is 8.86. The second-order valence-corrected chi connectivity index (χ2v) is 6.58. The Kier molecular flexibility index (Phi) is 4.44. The Hall–Kier alpha value is -3.07. The van der Waals surface area contributed by atoms with E-state index in [9.17, 15) is 4.79 Å². The molecule has 1 aliphatic heterocycles. The van der Waals surface area contributed by atoms with Crippen LogP contribution in [0.2, 0.25) is 0 Å². The second-order valence-electron chi connectivity index (χ2n) is 6.58. The molecule has 3 aromatic rings. The van der Waals surface area contributed by atoms with Crippen molar-refractivity contribution in [1.82, 2.24) is 0 Å². The molecule has 0 spiro atoms. The number of fused-ring (bicyclic) bond motifs is 1. The number of para-hydroxylation sites is 2. The van der Waals surface area contributed by atoms with E-state index in [1.807, 2.05) is 60.7 Å².